The third kappa shape index (κ3) is 3.75. The summed E-state index contributed by atoms with van der Waals surface area (Å²) in [5, 5.41) is 3.11. The molecule has 20 heavy (non-hydrogen) atoms. The van der Waals surface area contributed by atoms with Crippen LogP contribution < -0.4 is 5.32 Å². The van der Waals surface area contributed by atoms with Gasteiger partial charge in [-0.3, -0.25) is 0 Å². The topological polar surface area (TPSA) is 38.3 Å². The van der Waals surface area contributed by atoms with Crippen LogP contribution in [0.1, 0.15) is 52.0 Å². The van der Waals surface area contributed by atoms with Crippen LogP contribution in [0.4, 0.5) is 4.79 Å². The molecule has 0 saturated heterocycles. The van der Waals surface area contributed by atoms with Crippen LogP contribution in [0.15, 0.2) is 28.7 Å². The van der Waals surface area contributed by atoms with Gasteiger partial charge in [0.2, 0.25) is 0 Å². The zero-order chi connectivity index (χ0) is 14.8. The second-order valence-corrected chi connectivity index (χ2v) is 7.34. The van der Waals surface area contributed by atoms with E-state index in [1.54, 1.807) is 0 Å². The van der Waals surface area contributed by atoms with Crippen LogP contribution in [0.2, 0.25) is 0 Å². The van der Waals surface area contributed by atoms with Crippen LogP contribution in [0.5, 0.6) is 0 Å². The Morgan fingerprint density at radius 3 is 2.25 bits per heavy atom. The quantitative estimate of drug-likeness (QED) is 0.844. The van der Waals surface area contributed by atoms with Crippen molar-refractivity contribution in [2.75, 3.05) is 0 Å². The van der Waals surface area contributed by atoms with Crippen molar-refractivity contribution in [2.24, 2.45) is 0 Å². The average Bonchev–Trinajstić information content (AvgIpc) is 2.76. The van der Waals surface area contributed by atoms with E-state index in [1.807, 2.05) is 32.9 Å². The minimum absolute atomic E-state index is 0.275. The summed E-state index contributed by atoms with van der Waals surface area (Å²) in [6, 6.07) is 8.19. The molecule has 0 spiro atoms. The Balaban J connectivity index is 2.18. The lowest BCUT2D eigenvalue weighted by Gasteiger charge is -2.32. The van der Waals surface area contributed by atoms with Crippen molar-refractivity contribution >= 4 is 22.0 Å². The van der Waals surface area contributed by atoms with Crippen molar-refractivity contribution in [3.8, 4) is 0 Å². The highest BCUT2D eigenvalue weighted by molar-refractivity contribution is 9.10. The summed E-state index contributed by atoms with van der Waals surface area (Å²) in [6.45, 7) is 5.65. The highest BCUT2D eigenvalue weighted by Crippen LogP contribution is 2.39. The molecule has 1 fully saturated rings. The molecule has 0 bridgehead atoms. The third-order valence-electron chi connectivity index (χ3n) is 3.59. The van der Waals surface area contributed by atoms with E-state index in [2.05, 4.69) is 33.4 Å². The monoisotopic (exact) mass is 339 g/mol. The second-order valence-electron chi connectivity index (χ2n) is 6.42. The first-order valence-electron chi connectivity index (χ1n) is 7.08. The molecule has 0 aromatic heterocycles. The largest absolute Gasteiger partial charge is 0.444 e. The van der Waals surface area contributed by atoms with Gasteiger partial charge in [0, 0.05) is 4.47 Å². The van der Waals surface area contributed by atoms with Crippen molar-refractivity contribution < 1.29 is 9.53 Å². The summed E-state index contributed by atoms with van der Waals surface area (Å²) >= 11 is 3.45. The molecule has 1 aromatic rings. The molecule has 0 heterocycles. The number of carbonyl (C=O) groups excluding carboxylic acids is 1. The third-order valence-corrected chi connectivity index (χ3v) is 4.12. The van der Waals surface area contributed by atoms with E-state index < -0.39 is 5.60 Å². The van der Waals surface area contributed by atoms with Gasteiger partial charge in [-0.15, -0.1) is 0 Å². The zero-order valence-corrected chi connectivity index (χ0v) is 13.9. The van der Waals surface area contributed by atoms with E-state index in [1.165, 1.54) is 0 Å². The van der Waals surface area contributed by atoms with Gasteiger partial charge in [-0.25, -0.2) is 4.79 Å². The van der Waals surface area contributed by atoms with E-state index >= 15 is 0 Å². The lowest BCUT2D eigenvalue weighted by molar-refractivity contribution is 0.0453. The van der Waals surface area contributed by atoms with Crippen LogP contribution in [0.3, 0.4) is 0 Å². The number of benzene rings is 1. The Bertz CT molecular complexity index is 470. The summed E-state index contributed by atoms with van der Waals surface area (Å²) < 4.78 is 6.46. The first-order chi connectivity index (χ1) is 9.31. The normalized spacial score (nSPS) is 17.8. The predicted octanol–water partition coefficient (Wildman–Crippen LogP) is 4.74. The van der Waals surface area contributed by atoms with Crippen LogP contribution in [0.25, 0.3) is 0 Å². The van der Waals surface area contributed by atoms with Gasteiger partial charge in [-0.2, -0.15) is 0 Å². The van der Waals surface area contributed by atoms with Gasteiger partial charge < -0.3 is 10.1 Å². The number of carbonyl (C=O) groups is 1. The van der Waals surface area contributed by atoms with E-state index in [-0.39, 0.29) is 11.6 Å². The lowest BCUT2D eigenvalue weighted by Crippen LogP contribution is -2.46. The van der Waals surface area contributed by atoms with Gasteiger partial charge in [-0.05, 0) is 51.3 Å². The fraction of sp³-hybridized carbons (Fsp3) is 0.562. The predicted molar refractivity (Wildman–Crippen MR) is 83.7 cm³/mol. The second kappa shape index (κ2) is 5.76. The number of hydrogen-bond acceptors (Lipinski definition) is 2. The molecule has 1 aliphatic rings. The van der Waals surface area contributed by atoms with Crippen LogP contribution in [0, 0.1) is 0 Å². The summed E-state index contributed by atoms with van der Waals surface area (Å²) in [6.07, 6.45) is 3.86. The number of ether oxygens (including phenoxy) is 1. The van der Waals surface area contributed by atoms with E-state index in [9.17, 15) is 4.79 Å². The van der Waals surface area contributed by atoms with Gasteiger partial charge in [0.25, 0.3) is 0 Å². The molecule has 1 saturated carbocycles. The van der Waals surface area contributed by atoms with E-state index in [0.717, 1.165) is 35.7 Å². The fourth-order valence-electron chi connectivity index (χ4n) is 2.73. The first-order valence-corrected chi connectivity index (χ1v) is 7.87. The minimum Gasteiger partial charge on any atom is -0.444 e. The smallest absolute Gasteiger partial charge is 0.408 e. The molecule has 0 aliphatic heterocycles. The molecule has 1 aliphatic carbocycles. The van der Waals surface area contributed by atoms with Crippen LogP contribution >= 0.6 is 15.9 Å². The first kappa shape index (κ1) is 15.4. The molecule has 0 unspecified atom stereocenters. The highest BCUT2D eigenvalue weighted by Gasteiger charge is 2.38. The van der Waals surface area contributed by atoms with Crippen LogP contribution in [-0.4, -0.2) is 11.7 Å². The van der Waals surface area contributed by atoms with Crippen LogP contribution in [-0.2, 0) is 10.3 Å². The van der Waals surface area contributed by atoms with Gasteiger partial charge in [-0.1, -0.05) is 40.9 Å². The Hall–Kier alpha value is -1.03. The molecule has 0 radical (unpaired) electrons. The number of rotatable bonds is 2. The number of nitrogens with one attached hydrogen (secondary N) is 1. The fourth-order valence-corrected chi connectivity index (χ4v) is 3.00. The molecule has 110 valence electrons. The van der Waals surface area contributed by atoms with Gasteiger partial charge in [0.1, 0.15) is 5.60 Å². The molecule has 1 aromatic carbocycles. The number of halogens is 1. The van der Waals surface area contributed by atoms with Crippen molar-refractivity contribution in [1.82, 2.24) is 5.32 Å². The van der Waals surface area contributed by atoms with Gasteiger partial charge >= 0.3 is 6.09 Å². The minimum atomic E-state index is -0.469. The average molecular weight is 340 g/mol. The molecule has 3 nitrogen and oxygen atoms in total. The summed E-state index contributed by atoms with van der Waals surface area (Å²) in [5.74, 6) is 0. The summed E-state index contributed by atoms with van der Waals surface area (Å²) in [4.78, 5) is 12.1. The van der Waals surface area contributed by atoms with Crippen molar-refractivity contribution in [3.63, 3.8) is 0 Å². The lowest BCUT2D eigenvalue weighted by atomic mass is 9.88. The SMILES string of the molecule is CC(C)(C)OC(=O)NC1(c2ccc(Br)cc2)CCCC1. The Morgan fingerprint density at radius 1 is 1.20 bits per heavy atom. The van der Waals surface area contributed by atoms with E-state index in [4.69, 9.17) is 4.74 Å². The molecular formula is C16H22BrNO2. The van der Waals surface area contributed by atoms with Crippen molar-refractivity contribution in [2.45, 2.75) is 57.6 Å². The standard InChI is InChI=1S/C16H22BrNO2/c1-15(2,3)20-14(19)18-16(10-4-5-11-16)12-6-8-13(17)9-7-12/h6-9H,4-5,10-11H2,1-3H3,(H,18,19). The highest BCUT2D eigenvalue weighted by atomic mass is 79.9. The molecular weight excluding hydrogens is 318 g/mol. The number of hydrogen-bond donors (Lipinski definition) is 1. The summed E-state index contributed by atoms with van der Waals surface area (Å²) in [7, 11) is 0. The molecule has 1 amide bonds. The molecule has 2 rings (SSSR count). The van der Waals surface area contributed by atoms with E-state index in [0.29, 0.717) is 0 Å². The number of alkyl carbamates (subject to hydrolysis) is 1. The van der Waals surface area contributed by atoms with Gasteiger partial charge in [0.15, 0.2) is 0 Å². The summed E-state index contributed by atoms with van der Waals surface area (Å²) in [5.41, 5.74) is 0.413. The van der Waals surface area contributed by atoms with Gasteiger partial charge in [0.05, 0.1) is 5.54 Å². The molecule has 1 N–H and O–H groups in total. The maximum atomic E-state index is 12.1. The van der Waals surface area contributed by atoms with Crippen molar-refractivity contribution in [1.29, 1.82) is 0 Å². The maximum absolute atomic E-state index is 12.1. The molecule has 0 atom stereocenters. The Morgan fingerprint density at radius 2 is 1.75 bits per heavy atom. The molecule has 4 heteroatoms. The number of amides is 1. The Kier molecular flexibility index (Phi) is 4.43. The Labute approximate surface area is 129 Å². The zero-order valence-electron chi connectivity index (χ0n) is 12.3. The van der Waals surface area contributed by atoms with Crippen molar-refractivity contribution in [3.05, 3.63) is 34.3 Å². The maximum Gasteiger partial charge on any atom is 0.408 e.